The van der Waals surface area contributed by atoms with Gasteiger partial charge in [0, 0.05) is 18.0 Å². The van der Waals surface area contributed by atoms with Crippen LogP contribution in [0.3, 0.4) is 0 Å². The van der Waals surface area contributed by atoms with Gasteiger partial charge in [0.05, 0.1) is 10.9 Å². The zero-order chi connectivity index (χ0) is 19.2. The highest BCUT2D eigenvalue weighted by Crippen LogP contribution is 2.45. The highest BCUT2D eigenvalue weighted by molar-refractivity contribution is 7.16. The van der Waals surface area contributed by atoms with Crippen molar-refractivity contribution < 1.29 is 9.18 Å². The van der Waals surface area contributed by atoms with Crippen molar-refractivity contribution in [2.24, 2.45) is 11.1 Å². The van der Waals surface area contributed by atoms with Crippen molar-refractivity contribution in [3.8, 4) is 0 Å². The molecule has 1 aliphatic rings. The molecule has 1 unspecified atom stereocenters. The van der Waals surface area contributed by atoms with Crippen molar-refractivity contribution >= 4 is 22.2 Å². The maximum Gasteiger partial charge on any atom is 0.225 e. The van der Waals surface area contributed by atoms with Gasteiger partial charge in [0.25, 0.3) is 0 Å². The Hall–Kier alpha value is -1.88. The molecule has 3 rings (SSSR count). The minimum absolute atomic E-state index is 0.169. The Bertz CT molecular complexity index is 850. The molecule has 0 fully saturated rings. The summed E-state index contributed by atoms with van der Waals surface area (Å²) in [7, 11) is 0. The molecule has 0 spiro atoms. The van der Waals surface area contributed by atoms with E-state index in [1.165, 1.54) is 16.6 Å². The number of hydrogen-bond donors (Lipinski definition) is 1. The number of nitrogens with zero attached hydrogens (tertiary/aromatic N) is 1. The molecule has 140 valence electrons. The minimum atomic E-state index is -0.307. The Kier molecular flexibility index (Phi) is 4.86. The third kappa shape index (κ3) is 3.37. The van der Waals surface area contributed by atoms with Crippen LogP contribution in [-0.4, -0.2) is 12.5 Å². The smallest absolute Gasteiger partial charge is 0.225 e. The van der Waals surface area contributed by atoms with Crippen LogP contribution in [0.1, 0.15) is 53.8 Å². The third-order valence-electron chi connectivity index (χ3n) is 5.26. The lowest BCUT2D eigenvalue weighted by atomic mass is 9.75. The van der Waals surface area contributed by atoms with E-state index in [2.05, 4.69) is 39.5 Å². The van der Waals surface area contributed by atoms with Gasteiger partial charge in [-0.3, -0.25) is 4.79 Å². The lowest BCUT2D eigenvalue weighted by molar-refractivity contribution is -0.121. The van der Waals surface area contributed by atoms with E-state index < -0.39 is 0 Å². The molecule has 1 aromatic heterocycles. The second-order valence-electron chi connectivity index (χ2n) is 8.29. The topological polar surface area (TPSA) is 46.3 Å². The summed E-state index contributed by atoms with van der Waals surface area (Å²) in [5, 5.41) is 1.20. The highest BCUT2D eigenvalue weighted by atomic mass is 32.1. The molecular weight excluding hydrogens is 347 g/mol. The van der Waals surface area contributed by atoms with Crippen LogP contribution in [0.4, 0.5) is 9.39 Å². The van der Waals surface area contributed by atoms with E-state index in [0.717, 1.165) is 41.1 Å². The molecule has 0 radical (unpaired) electrons. The molecule has 2 N–H and O–H groups in total. The fourth-order valence-corrected chi connectivity index (χ4v) is 5.29. The molecule has 1 aliphatic heterocycles. The first kappa shape index (κ1) is 18.9. The Morgan fingerprint density at radius 1 is 1.27 bits per heavy atom. The fraction of sp³-hybridized carbons (Fsp3) is 0.476. The lowest BCUT2D eigenvalue weighted by Gasteiger charge is -2.31. The molecule has 3 nitrogen and oxygen atoms in total. The summed E-state index contributed by atoms with van der Waals surface area (Å²) in [6.45, 7) is 12.0. The number of anilines is 1. The Labute approximate surface area is 159 Å². The molecule has 26 heavy (non-hydrogen) atoms. The van der Waals surface area contributed by atoms with Gasteiger partial charge >= 0.3 is 0 Å². The summed E-state index contributed by atoms with van der Waals surface area (Å²) < 4.78 is 13.5. The quantitative estimate of drug-likeness (QED) is 0.848. The summed E-state index contributed by atoms with van der Waals surface area (Å²) >= 11 is 1.73. The standard InChI is InChI=1S/C21H27FN2OS/c1-12-17(18(19(23)25)21(3,4)5)13(2)26-20(12)24-9-8-14-10-16(22)7-6-15(14)11-24/h6-7,10,18H,8-9,11H2,1-5H3,(H2,23,25). The van der Waals surface area contributed by atoms with Gasteiger partial charge < -0.3 is 10.6 Å². The molecular formula is C21H27FN2OS. The van der Waals surface area contributed by atoms with Gasteiger partial charge in [-0.2, -0.15) is 0 Å². The Balaban J connectivity index is 1.98. The van der Waals surface area contributed by atoms with Gasteiger partial charge in [-0.05, 0) is 60.1 Å². The van der Waals surface area contributed by atoms with Crippen LogP contribution in [0.5, 0.6) is 0 Å². The predicted octanol–water partition coefficient (Wildman–Crippen LogP) is 4.68. The number of rotatable bonds is 3. The SMILES string of the molecule is Cc1sc(N2CCc3cc(F)ccc3C2)c(C)c1C(C(N)=O)C(C)(C)C. The van der Waals surface area contributed by atoms with E-state index in [-0.39, 0.29) is 23.1 Å². The molecule has 1 aromatic carbocycles. The highest BCUT2D eigenvalue weighted by Gasteiger charge is 2.36. The van der Waals surface area contributed by atoms with Crippen LogP contribution >= 0.6 is 11.3 Å². The zero-order valence-electron chi connectivity index (χ0n) is 16.1. The van der Waals surface area contributed by atoms with E-state index in [1.54, 1.807) is 17.4 Å². The molecule has 0 aliphatic carbocycles. The number of primary amides is 1. The second kappa shape index (κ2) is 6.69. The van der Waals surface area contributed by atoms with Crippen molar-refractivity contribution in [1.82, 2.24) is 0 Å². The molecule has 1 atom stereocenters. The average Bonchev–Trinajstić information content (AvgIpc) is 2.81. The van der Waals surface area contributed by atoms with Crippen LogP contribution in [0.2, 0.25) is 0 Å². The van der Waals surface area contributed by atoms with Gasteiger partial charge in [-0.25, -0.2) is 4.39 Å². The van der Waals surface area contributed by atoms with Crippen LogP contribution in [0.15, 0.2) is 18.2 Å². The Morgan fingerprint density at radius 2 is 1.96 bits per heavy atom. The maximum absolute atomic E-state index is 13.5. The predicted molar refractivity (Wildman–Crippen MR) is 106 cm³/mol. The van der Waals surface area contributed by atoms with E-state index in [0.29, 0.717) is 0 Å². The number of thiophene rings is 1. The summed E-state index contributed by atoms with van der Waals surface area (Å²) in [5.74, 6) is -0.747. The number of hydrogen-bond acceptors (Lipinski definition) is 3. The van der Waals surface area contributed by atoms with Crippen molar-refractivity contribution in [3.05, 3.63) is 51.1 Å². The summed E-state index contributed by atoms with van der Waals surface area (Å²) in [6, 6.07) is 5.06. The molecule has 0 bridgehead atoms. The fourth-order valence-electron chi connectivity index (χ4n) is 4.07. The van der Waals surface area contributed by atoms with Gasteiger partial charge in [0.1, 0.15) is 5.82 Å². The monoisotopic (exact) mass is 374 g/mol. The van der Waals surface area contributed by atoms with Crippen molar-refractivity contribution in [2.75, 3.05) is 11.4 Å². The minimum Gasteiger partial charge on any atom is -0.369 e. The van der Waals surface area contributed by atoms with Crippen LogP contribution in [-0.2, 0) is 17.8 Å². The number of amides is 1. The first-order valence-electron chi connectivity index (χ1n) is 9.01. The van der Waals surface area contributed by atoms with Crippen molar-refractivity contribution in [3.63, 3.8) is 0 Å². The molecule has 0 saturated heterocycles. The first-order chi connectivity index (χ1) is 12.1. The maximum atomic E-state index is 13.5. The van der Waals surface area contributed by atoms with E-state index in [4.69, 9.17) is 5.73 Å². The van der Waals surface area contributed by atoms with Gasteiger partial charge in [-0.1, -0.05) is 26.8 Å². The van der Waals surface area contributed by atoms with E-state index >= 15 is 0 Å². The number of halogens is 1. The van der Waals surface area contributed by atoms with Crippen molar-refractivity contribution in [2.45, 2.75) is 53.5 Å². The van der Waals surface area contributed by atoms with E-state index in [9.17, 15) is 9.18 Å². The van der Waals surface area contributed by atoms with Gasteiger partial charge in [-0.15, -0.1) is 11.3 Å². The molecule has 5 heteroatoms. The number of carbonyl (C=O) groups excluding carboxylic acids is 1. The zero-order valence-corrected chi connectivity index (χ0v) is 17.0. The summed E-state index contributed by atoms with van der Waals surface area (Å²) in [5.41, 5.74) is 10.0. The van der Waals surface area contributed by atoms with Crippen LogP contribution < -0.4 is 10.6 Å². The van der Waals surface area contributed by atoms with Crippen LogP contribution in [0, 0.1) is 25.1 Å². The number of aryl methyl sites for hydroxylation is 1. The summed E-state index contributed by atoms with van der Waals surface area (Å²) in [4.78, 5) is 15.7. The normalized spacial score (nSPS) is 15.7. The number of carbonyl (C=O) groups is 1. The van der Waals surface area contributed by atoms with Gasteiger partial charge in [0.2, 0.25) is 5.91 Å². The molecule has 0 saturated carbocycles. The van der Waals surface area contributed by atoms with E-state index in [1.807, 2.05) is 6.07 Å². The third-order valence-corrected chi connectivity index (χ3v) is 6.54. The Morgan fingerprint density at radius 3 is 2.58 bits per heavy atom. The molecule has 2 heterocycles. The largest absolute Gasteiger partial charge is 0.369 e. The molecule has 1 amide bonds. The lowest BCUT2D eigenvalue weighted by Crippen LogP contribution is -2.33. The first-order valence-corrected chi connectivity index (χ1v) is 9.82. The van der Waals surface area contributed by atoms with Gasteiger partial charge in [0.15, 0.2) is 0 Å². The number of fused-ring (bicyclic) bond motifs is 1. The molecule has 2 aromatic rings. The number of nitrogens with two attached hydrogens (primary N) is 1. The second-order valence-corrected chi connectivity index (χ2v) is 9.49. The summed E-state index contributed by atoms with van der Waals surface area (Å²) in [6.07, 6.45) is 0.831. The average molecular weight is 375 g/mol. The van der Waals surface area contributed by atoms with Crippen molar-refractivity contribution in [1.29, 1.82) is 0 Å². The number of benzene rings is 1. The van der Waals surface area contributed by atoms with Crippen LogP contribution in [0.25, 0.3) is 0 Å².